The van der Waals surface area contributed by atoms with Gasteiger partial charge in [-0.2, -0.15) is 0 Å². The molecule has 126 valence electrons. The zero-order chi connectivity index (χ0) is 18.1. The van der Waals surface area contributed by atoms with E-state index >= 15 is 0 Å². The van der Waals surface area contributed by atoms with Gasteiger partial charge in [0, 0.05) is 10.9 Å². The number of carbonyl (C=O) groups excluding carboxylic acids is 1. The molecule has 1 N–H and O–H groups in total. The molecule has 0 saturated carbocycles. The molecule has 0 atom stereocenters. The Labute approximate surface area is 149 Å². The van der Waals surface area contributed by atoms with Crippen LogP contribution in [0.3, 0.4) is 0 Å². The third-order valence-corrected chi connectivity index (χ3v) is 4.34. The van der Waals surface area contributed by atoms with Gasteiger partial charge in [-0.05, 0) is 40.4 Å². The molecule has 0 aliphatic heterocycles. The van der Waals surface area contributed by atoms with Crippen molar-refractivity contribution in [3.8, 4) is 11.5 Å². The summed E-state index contributed by atoms with van der Waals surface area (Å²) in [5.41, 5.74) is 0.768. The van der Waals surface area contributed by atoms with Gasteiger partial charge in [-0.1, -0.05) is 48.5 Å². The van der Waals surface area contributed by atoms with Crippen LogP contribution >= 0.6 is 0 Å². The number of hydrogen-bond acceptors (Lipinski definition) is 3. The highest BCUT2D eigenvalue weighted by Gasteiger charge is 2.13. The number of benzene rings is 4. The Balaban J connectivity index is 1.87. The maximum absolute atomic E-state index is 11.6. The second-order valence-corrected chi connectivity index (χ2v) is 5.92. The second-order valence-electron chi connectivity index (χ2n) is 5.92. The highest BCUT2D eigenvalue weighted by Crippen LogP contribution is 2.34. The van der Waals surface area contributed by atoms with Crippen LogP contribution in [0.4, 0.5) is 0 Å². The monoisotopic (exact) mass is 342 g/mol. The van der Waals surface area contributed by atoms with Gasteiger partial charge in [-0.15, -0.1) is 0 Å². The van der Waals surface area contributed by atoms with Gasteiger partial charge in [0.2, 0.25) is 0 Å². The first-order valence-corrected chi connectivity index (χ1v) is 8.08. The molecule has 4 aromatic rings. The van der Waals surface area contributed by atoms with Crippen molar-refractivity contribution in [2.75, 3.05) is 0 Å². The Hall–Kier alpha value is -3.66. The van der Waals surface area contributed by atoms with Crippen LogP contribution in [-0.2, 0) is 0 Å². The molecule has 4 aromatic carbocycles. The molecule has 0 unspecified atom stereocenters. The number of carbonyl (C=O) groups is 2. The highest BCUT2D eigenvalue weighted by atomic mass is 16.5. The lowest BCUT2D eigenvalue weighted by Crippen LogP contribution is -1.98. The first-order chi connectivity index (χ1) is 12.7. The number of fused-ring (bicyclic) bond motifs is 2. The van der Waals surface area contributed by atoms with Crippen LogP contribution in [0, 0.1) is 0 Å². The van der Waals surface area contributed by atoms with E-state index in [1.165, 1.54) is 6.07 Å². The summed E-state index contributed by atoms with van der Waals surface area (Å²) in [5, 5.41) is 12.6. The quantitative estimate of drug-likeness (QED) is 0.511. The van der Waals surface area contributed by atoms with Crippen molar-refractivity contribution >= 4 is 33.8 Å². The van der Waals surface area contributed by atoms with E-state index in [-0.39, 0.29) is 5.56 Å². The number of rotatable bonds is 4. The Morgan fingerprint density at radius 2 is 1.54 bits per heavy atom. The number of carboxylic acids is 1. The molecule has 0 aliphatic carbocycles. The van der Waals surface area contributed by atoms with Crippen molar-refractivity contribution in [3.63, 3.8) is 0 Å². The SMILES string of the molecule is O=Cc1ccc(Oc2cc(C(=O)O)c3ccccc3c2)c2ccccc12. The van der Waals surface area contributed by atoms with Crippen LogP contribution < -0.4 is 4.74 Å². The van der Waals surface area contributed by atoms with E-state index in [0.29, 0.717) is 22.4 Å². The summed E-state index contributed by atoms with van der Waals surface area (Å²) in [7, 11) is 0. The van der Waals surface area contributed by atoms with E-state index in [4.69, 9.17) is 4.74 Å². The lowest BCUT2D eigenvalue weighted by atomic mass is 10.0. The minimum Gasteiger partial charge on any atom is -0.478 e. The number of hydrogen-bond donors (Lipinski definition) is 1. The molecule has 26 heavy (non-hydrogen) atoms. The molecule has 0 heterocycles. The van der Waals surface area contributed by atoms with Crippen molar-refractivity contribution in [2.45, 2.75) is 0 Å². The molecule has 0 amide bonds. The van der Waals surface area contributed by atoms with Crippen molar-refractivity contribution < 1.29 is 19.4 Å². The van der Waals surface area contributed by atoms with Crippen LogP contribution in [0.2, 0.25) is 0 Å². The molecular formula is C22H14O4. The van der Waals surface area contributed by atoms with Crippen LogP contribution in [-0.4, -0.2) is 17.4 Å². The number of aromatic carboxylic acids is 1. The molecule has 0 fully saturated rings. The lowest BCUT2D eigenvalue weighted by molar-refractivity contribution is 0.0698. The van der Waals surface area contributed by atoms with Gasteiger partial charge < -0.3 is 9.84 Å². The van der Waals surface area contributed by atoms with Crippen molar-refractivity contribution in [2.24, 2.45) is 0 Å². The molecule has 0 aliphatic rings. The third-order valence-electron chi connectivity index (χ3n) is 4.34. The number of aldehydes is 1. The molecule has 4 heteroatoms. The van der Waals surface area contributed by atoms with Gasteiger partial charge >= 0.3 is 5.97 Å². The van der Waals surface area contributed by atoms with E-state index in [1.54, 1.807) is 24.3 Å². The maximum Gasteiger partial charge on any atom is 0.336 e. The topological polar surface area (TPSA) is 63.6 Å². The first kappa shape index (κ1) is 15.8. The Morgan fingerprint density at radius 3 is 2.27 bits per heavy atom. The minimum atomic E-state index is -1.01. The fourth-order valence-electron chi connectivity index (χ4n) is 3.13. The molecule has 0 saturated heterocycles. The fourth-order valence-corrected chi connectivity index (χ4v) is 3.13. The number of ether oxygens (including phenoxy) is 1. The Bertz CT molecular complexity index is 1160. The van der Waals surface area contributed by atoms with Crippen LogP contribution in [0.25, 0.3) is 21.5 Å². The minimum absolute atomic E-state index is 0.187. The predicted octanol–water partition coefficient (Wildman–Crippen LogP) is 5.30. The van der Waals surface area contributed by atoms with E-state index in [9.17, 15) is 14.7 Å². The largest absolute Gasteiger partial charge is 0.478 e. The molecular weight excluding hydrogens is 328 g/mol. The van der Waals surface area contributed by atoms with E-state index in [2.05, 4.69) is 0 Å². The molecule has 0 radical (unpaired) electrons. The van der Waals surface area contributed by atoms with Gasteiger partial charge in [0.05, 0.1) is 5.56 Å². The average Bonchev–Trinajstić information content (AvgIpc) is 2.67. The van der Waals surface area contributed by atoms with Gasteiger partial charge in [-0.25, -0.2) is 4.79 Å². The van der Waals surface area contributed by atoms with Gasteiger partial charge in [0.25, 0.3) is 0 Å². The summed E-state index contributed by atoms with van der Waals surface area (Å²) in [6, 6.07) is 21.5. The Kier molecular flexibility index (Phi) is 3.86. The maximum atomic E-state index is 11.6. The zero-order valence-electron chi connectivity index (χ0n) is 13.7. The predicted molar refractivity (Wildman–Crippen MR) is 100 cm³/mol. The summed E-state index contributed by atoms with van der Waals surface area (Å²) in [5.74, 6) is -0.00395. The average molecular weight is 342 g/mol. The summed E-state index contributed by atoms with van der Waals surface area (Å²) in [6.45, 7) is 0. The standard InChI is InChI=1S/C22H14O4/c23-13-15-9-10-21(19-8-4-3-7-18(15)19)26-16-11-14-5-1-2-6-17(14)20(12-16)22(24)25/h1-13H,(H,24,25). The van der Waals surface area contributed by atoms with E-state index < -0.39 is 5.97 Å². The molecule has 0 aromatic heterocycles. The van der Waals surface area contributed by atoms with E-state index in [0.717, 1.165) is 22.4 Å². The van der Waals surface area contributed by atoms with Gasteiger partial charge in [-0.3, -0.25) is 4.79 Å². The van der Waals surface area contributed by atoms with Crippen LogP contribution in [0.15, 0.2) is 72.8 Å². The Morgan fingerprint density at radius 1 is 0.846 bits per heavy atom. The third kappa shape index (κ3) is 2.67. The van der Waals surface area contributed by atoms with Crippen molar-refractivity contribution in [1.29, 1.82) is 0 Å². The molecule has 4 nitrogen and oxygen atoms in total. The highest BCUT2D eigenvalue weighted by molar-refractivity contribution is 6.05. The van der Waals surface area contributed by atoms with Gasteiger partial charge in [0.15, 0.2) is 6.29 Å². The van der Waals surface area contributed by atoms with E-state index in [1.807, 2.05) is 42.5 Å². The summed E-state index contributed by atoms with van der Waals surface area (Å²) < 4.78 is 6.01. The van der Waals surface area contributed by atoms with Crippen LogP contribution in [0.1, 0.15) is 20.7 Å². The van der Waals surface area contributed by atoms with Crippen LogP contribution in [0.5, 0.6) is 11.5 Å². The fraction of sp³-hybridized carbons (Fsp3) is 0. The molecule has 0 bridgehead atoms. The second kappa shape index (κ2) is 6.33. The first-order valence-electron chi connectivity index (χ1n) is 8.08. The zero-order valence-corrected chi connectivity index (χ0v) is 13.7. The number of carboxylic acid groups (broad SMARTS) is 1. The molecule has 0 spiro atoms. The summed E-state index contributed by atoms with van der Waals surface area (Å²) >= 11 is 0. The normalized spacial score (nSPS) is 10.8. The molecule has 4 rings (SSSR count). The smallest absolute Gasteiger partial charge is 0.336 e. The summed E-state index contributed by atoms with van der Waals surface area (Å²) in [6.07, 6.45) is 0.810. The van der Waals surface area contributed by atoms with Crippen molar-refractivity contribution in [3.05, 3.63) is 83.9 Å². The van der Waals surface area contributed by atoms with Gasteiger partial charge in [0.1, 0.15) is 11.5 Å². The van der Waals surface area contributed by atoms with Crippen molar-refractivity contribution in [1.82, 2.24) is 0 Å². The summed E-state index contributed by atoms with van der Waals surface area (Å²) in [4.78, 5) is 22.9. The lowest BCUT2D eigenvalue weighted by Gasteiger charge is -2.12.